The second-order valence-corrected chi connectivity index (χ2v) is 6.26. The number of methoxy groups -OCH3 is 1. The molecule has 2 aromatic rings. The van der Waals surface area contributed by atoms with Crippen LogP contribution in [0.1, 0.15) is 16.8 Å². The Morgan fingerprint density at radius 3 is 2.63 bits per heavy atom. The summed E-state index contributed by atoms with van der Waals surface area (Å²) < 4.78 is 16.0. The van der Waals surface area contributed by atoms with E-state index < -0.39 is 0 Å². The molecule has 0 aromatic heterocycles. The number of hydrogen-bond donors (Lipinski definition) is 2. The van der Waals surface area contributed by atoms with E-state index in [0.29, 0.717) is 46.7 Å². The Morgan fingerprint density at radius 1 is 1.11 bits per heavy atom. The van der Waals surface area contributed by atoms with Crippen molar-refractivity contribution >= 4 is 34.8 Å². The first-order valence-corrected chi connectivity index (χ1v) is 8.74. The topological polar surface area (TPSA) is 85.9 Å². The number of ether oxygens (including phenoxy) is 3. The molecule has 7 nitrogen and oxygen atoms in total. The van der Waals surface area contributed by atoms with Crippen LogP contribution in [0.3, 0.4) is 0 Å². The van der Waals surface area contributed by atoms with Gasteiger partial charge in [0.1, 0.15) is 6.61 Å². The summed E-state index contributed by atoms with van der Waals surface area (Å²) in [6.45, 7) is 0.962. The highest BCUT2D eigenvalue weighted by Gasteiger charge is 2.18. The second-order valence-electron chi connectivity index (χ2n) is 5.85. The molecule has 0 unspecified atom stereocenters. The molecular weight excluding hydrogens is 372 g/mol. The molecule has 1 aliphatic heterocycles. The summed E-state index contributed by atoms with van der Waals surface area (Å²) in [4.78, 5) is 24.2. The van der Waals surface area contributed by atoms with Gasteiger partial charge in [0.25, 0.3) is 5.91 Å². The highest BCUT2D eigenvalue weighted by molar-refractivity contribution is 6.32. The SMILES string of the molecule is COCC(=O)Nc1cccc(NC(=O)c2cc(Cl)c3c(c2)OCCCO3)c1. The van der Waals surface area contributed by atoms with Gasteiger partial charge in [-0.2, -0.15) is 0 Å². The Kier molecular flexibility index (Phi) is 6.16. The molecule has 0 fully saturated rings. The third kappa shape index (κ3) is 4.90. The van der Waals surface area contributed by atoms with Crippen LogP contribution in [-0.4, -0.2) is 38.7 Å². The molecule has 2 aromatic carbocycles. The van der Waals surface area contributed by atoms with Crippen molar-refractivity contribution in [3.8, 4) is 11.5 Å². The molecule has 0 saturated carbocycles. The van der Waals surface area contributed by atoms with Gasteiger partial charge in [-0.3, -0.25) is 9.59 Å². The van der Waals surface area contributed by atoms with Crippen molar-refractivity contribution in [1.82, 2.24) is 0 Å². The Balaban J connectivity index is 1.75. The quantitative estimate of drug-likeness (QED) is 0.817. The van der Waals surface area contributed by atoms with Crippen molar-refractivity contribution < 1.29 is 23.8 Å². The van der Waals surface area contributed by atoms with E-state index in [0.717, 1.165) is 6.42 Å². The van der Waals surface area contributed by atoms with Gasteiger partial charge in [-0.1, -0.05) is 17.7 Å². The number of fused-ring (bicyclic) bond motifs is 1. The molecule has 0 bridgehead atoms. The summed E-state index contributed by atoms with van der Waals surface area (Å²) in [5.74, 6) is 0.267. The molecule has 27 heavy (non-hydrogen) atoms. The lowest BCUT2D eigenvalue weighted by atomic mass is 10.1. The predicted molar refractivity (Wildman–Crippen MR) is 102 cm³/mol. The average Bonchev–Trinajstić information content (AvgIpc) is 2.88. The molecule has 1 heterocycles. The van der Waals surface area contributed by atoms with E-state index in [4.69, 9.17) is 25.8 Å². The molecule has 0 aliphatic carbocycles. The third-order valence-corrected chi connectivity index (χ3v) is 4.02. The lowest BCUT2D eigenvalue weighted by Crippen LogP contribution is -2.17. The number of amides is 2. The van der Waals surface area contributed by atoms with Crippen molar-refractivity contribution in [3.05, 3.63) is 47.0 Å². The van der Waals surface area contributed by atoms with Crippen molar-refractivity contribution in [2.24, 2.45) is 0 Å². The zero-order chi connectivity index (χ0) is 19.2. The number of nitrogens with one attached hydrogen (secondary N) is 2. The van der Waals surface area contributed by atoms with Gasteiger partial charge in [0.2, 0.25) is 5.91 Å². The van der Waals surface area contributed by atoms with Gasteiger partial charge >= 0.3 is 0 Å². The van der Waals surface area contributed by atoms with Gasteiger partial charge in [0.15, 0.2) is 11.5 Å². The van der Waals surface area contributed by atoms with Gasteiger partial charge < -0.3 is 24.8 Å². The van der Waals surface area contributed by atoms with Gasteiger partial charge in [0.05, 0.1) is 18.2 Å². The van der Waals surface area contributed by atoms with E-state index in [1.807, 2.05) is 0 Å². The Morgan fingerprint density at radius 2 is 1.85 bits per heavy atom. The molecule has 0 atom stereocenters. The fourth-order valence-corrected chi connectivity index (χ4v) is 2.83. The number of carbonyl (C=O) groups is 2. The second kappa shape index (κ2) is 8.75. The van der Waals surface area contributed by atoms with Crippen molar-refractivity contribution in [1.29, 1.82) is 0 Å². The fourth-order valence-electron chi connectivity index (χ4n) is 2.57. The standard InChI is InChI=1S/C19H19ClN2O5/c1-25-11-17(23)21-13-4-2-5-14(10-13)22-19(24)12-8-15(20)18-16(9-12)26-6-3-7-27-18/h2,4-5,8-10H,3,6-7,11H2,1H3,(H,21,23)(H,22,24). The van der Waals surface area contributed by atoms with E-state index in [9.17, 15) is 9.59 Å². The van der Waals surface area contributed by atoms with Gasteiger partial charge in [-0.15, -0.1) is 0 Å². The highest BCUT2D eigenvalue weighted by atomic mass is 35.5. The first-order valence-electron chi connectivity index (χ1n) is 8.36. The number of benzene rings is 2. The van der Waals surface area contributed by atoms with E-state index >= 15 is 0 Å². The smallest absolute Gasteiger partial charge is 0.255 e. The summed E-state index contributed by atoms with van der Waals surface area (Å²) in [6, 6.07) is 9.94. The Labute approximate surface area is 161 Å². The zero-order valence-corrected chi connectivity index (χ0v) is 15.5. The molecule has 0 spiro atoms. The summed E-state index contributed by atoms with van der Waals surface area (Å²) >= 11 is 6.23. The maximum Gasteiger partial charge on any atom is 0.255 e. The average molecular weight is 391 g/mol. The van der Waals surface area contributed by atoms with E-state index in [1.54, 1.807) is 30.3 Å². The van der Waals surface area contributed by atoms with Gasteiger partial charge in [-0.25, -0.2) is 0 Å². The van der Waals surface area contributed by atoms with E-state index in [1.165, 1.54) is 13.2 Å². The van der Waals surface area contributed by atoms with Crippen LogP contribution in [0.5, 0.6) is 11.5 Å². The molecule has 2 N–H and O–H groups in total. The van der Waals surface area contributed by atoms with Crippen LogP contribution in [0.4, 0.5) is 11.4 Å². The van der Waals surface area contributed by atoms with Crippen LogP contribution >= 0.6 is 11.6 Å². The molecular formula is C19H19ClN2O5. The lowest BCUT2D eigenvalue weighted by Gasteiger charge is -2.12. The highest BCUT2D eigenvalue weighted by Crippen LogP contribution is 2.38. The Bertz CT molecular complexity index is 856. The number of hydrogen-bond acceptors (Lipinski definition) is 5. The maximum atomic E-state index is 12.6. The largest absolute Gasteiger partial charge is 0.489 e. The summed E-state index contributed by atoms with van der Waals surface area (Å²) in [5, 5.41) is 5.78. The monoisotopic (exact) mass is 390 g/mol. The minimum Gasteiger partial charge on any atom is -0.489 e. The number of anilines is 2. The van der Waals surface area contributed by atoms with Crippen LogP contribution in [0.15, 0.2) is 36.4 Å². The minimum atomic E-state index is -0.354. The molecule has 3 rings (SSSR count). The van der Waals surface area contributed by atoms with Gasteiger partial charge in [-0.05, 0) is 30.3 Å². The number of carbonyl (C=O) groups excluding carboxylic acids is 2. The molecule has 2 amide bonds. The maximum absolute atomic E-state index is 12.6. The molecule has 0 saturated heterocycles. The first-order chi connectivity index (χ1) is 13.1. The van der Waals surface area contributed by atoms with Crippen LogP contribution in [0, 0.1) is 0 Å². The first kappa shape index (κ1) is 19.0. The van der Waals surface area contributed by atoms with Crippen molar-refractivity contribution in [2.75, 3.05) is 37.6 Å². The summed E-state index contributed by atoms with van der Waals surface area (Å²) in [5.41, 5.74) is 1.42. The van der Waals surface area contributed by atoms with E-state index in [2.05, 4.69) is 10.6 Å². The number of rotatable bonds is 5. The van der Waals surface area contributed by atoms with Crippen LogP contribution in [0.2, 0.25) is 5.02 Å². The molecule has 1 aliphatic rings. The third-order valence-electron chi connectivity index (χ3n) is 3.74. The van der Waals surface area contributed by atoms with Gasteiger partial charge in [0, 0.05) is 30.5 Å². The Hall–Kier alpha value is -2.77. The van der Waals surface area contributed by atoms with Crippen LogP contribution < -0.4 is 20.1 Å². The summed E-state index contributed by atoms with van der Waals surface area (Å²) in [7, 11) is 1.44. The van der Waals surface area contributed by atoms with E-state index in [-0.39, 0.29) is 18.4 Å². The molecule has 8 heteroatoms. The minimum absolute atomic E-state index is 0.0493. The number of halogens is 1. The summed E-state index contributed by atoms with van der Waals surface area (Å²) in [6.07, 6.45) is 0.744. The zero-order valence-electron chi connectivity index (χ0n) is 14.7. The van der Waals surface area contributed by atoms with Crippen molar-refractivity contribution in [2.45, 2.75) is 6.42 Å². The predicted octanol–water partition coefficient (Wildman–Crippen LogP) is 3.34. The molecule has 142 valence electrons. The fraction of sp³-hybridized carbons (Fsp3) is 0.263. The lowest BCUT2D eigenvalue weighted by molar-refractivity contribution is -0.119. The molecule has 0 radical (unpaired) electrons. The van der Waals surface area contributed by atoms with Crippen LogP contribution in [0.25, 0.3) is 0 Å². The van der Waals surface area contributed by atoms with Crippen molar-refractivity contribution in [3.63, 3.8) is 0 Å². The normalized spacial score (nSPS) is 12.8. The van der Waals surface area contributed by atoms with Crippen LogP contribution in [-0.2, 0) is 9.53 Å².